The number of halogens is 3. The van der Waals surface area contributed by atoms with Crippen LogP contribution in [0.1, 0.15) is 12.0 Å². The van der Waals surface area contributed by atoms with Crippen molar-refractivity contribution in [2.24, 2.45) is 5.14 Å². The lowest BCUT2D eigenvalue weighted by molar-refractivity contribution is 0.150. The Morgan fingerprint density at radius 2 is 2.00 bits per heavy atom. The predicted octanol–water partition coefficient (Wildman–Crippen LogP) is 0.613. The van der Waals surface area contributed by atoms with Crippen molar-refractivity contribution in [2.45, 2.75) is 11.3 Å². The average molecular weight is 259 g/mol. The lowest BCUT2D eigenvalue weighted by Gasteiger charge is -2.04. The van der Waals surface area contributed by atoms with Gasteiger partial charge in [0.05, 0.1) is 5.56 Å². The van der Waals surface area contributed by atoms with Gasteiger partial charge in [0.25, 0.3) is 12.0 Å². The lowest BCUT2D eigenvalue weighted by atomic mass is 10.3. The largest absolute Gasteiger partial charge is 0.311 e. The molecule has 0 aliphatic heterocycles. The summed E-state index contributed by atoms with van der Waals surface area (Å²) in [6.45, 7) is 0. The summed E-state index contributed by atoms with van der Waals surface area (Å²) in [5, 5.41) is 4.03. The van der Waals surface area contributed by atoms with Gasteiger partial charge < -0.3 is 4.98 Å². The highest BCUT2D eigenvalue weighted by Gasteiger charge is 2.20. The van der Waals surface area contributed by atoms with Gasteiger partial charge in [0.2, 0.25) is 10.0 Å². The molecule has 0 aliphatic rings. The van der Waals surface area contributed by atoms with Crippen LogP contribution in [-0.2, 0) is 10.0 Å². The molecule has 84 valence electrons. The number of primary sulfonamides is 1. The molecule has 0 saturated heterocycles. The van der Waals surface area contributed by atoms with Crippen molar-refractivity contribution >= 4 is 21.6 Å². The molecular weight excluding hydrogens is 254 g/mol. The highest BCUT2D eigenvalue weighted by atomic mass is 35.5. The van der Waals surface area contributed by atoms with Gasteiger partial charge in [-0.2, -0.15) is 0 Å². The van der Waals surface area contributed by atoms with Crippen LogP contribution >= 0.6 is 11.6 Å². The summed E-state index contributed by atoms with van der Waals surface area (Å²) >= 11 is 5.28. The normalized spacial score (nSPS) is 12.1. The zero-order chi connectivity index (χ0) is 11.8. The Kier molecular flexibility index (Phi) is 3.12. The van der Waals surface area contributed by atoms with Crippen LogP contribution < -0.4 is 10.7 Å². The van der Waals surface area contributed by atoms with Crippen LogP contribution in [0.25, 0.3) is 0 Å². The number of H-pyrrole nitrogens is 1. The van der Waals surface area contributed by atoms with E-state index in [4.69, 9.17) is 11.6 Å². The number of rotatable bonds is 2. The first-order chi connectivity index (χ1) is 6.73. The molecule has 15 heavy (non-hydrogen) atoms. The number of aromatic amines is 1. The van der Waals surface area contributed by atoms with Gasteiger partial charge in [-0.15, -0.1) is 0 Å². The second-order valence-corrected chi connectivity index (χ2v) is 4.49. The van der Waals surface area contributed by atoms with E-state index in [0.29, 0.717) is 6.07 Å². The van der Waals surface area contributed by atoms with Gasteiger partial charge in [0.1, 0.15) is 10.0 Å². The molecule has 0 bridgehead atoms. The number of pyridine rings is 1. The van der Waals surface area contributed by atoms with Crippen molar-refractivity contribution in [3.05, 3.63) is 27.1 Å². The average Bonchev–Trinajstić information content (AvgIpc) is 2.00. The summed E-state index contributed by atoms with van der Waals surface area (Å²) in [6, 6.07) is 0.459. The number of nitrogens with two attached hydrogens (primary N) is 1. The van der Waals surface area contributed by atoms with Gasteiger partial charge in [-0.25, -0.2) is 22.3 Å². The predicted molar refractivity (Wildman–Crippen MR) is 48.4 cm³/mol. The molecular formula is C6H5ClF2N2O3S. The number of nitrogens with one attached hydrogen (secondary N) is 1. The second-order valence-electron chi connectivity index (χ2n) is 2.58. The van der Waals surface area contributed by atoms with E-state index in [1.807, 2.05) is 0 Å². The summed E-state index contributed by atoms with van der Waals surface area (Å²) in [6.07, 6.45) is -3.00. The van der Waals surface area contributed by atoms with Gasteiger partial charge >= 0.3 is 0 Å². The molecule has 0 radical (unpaired) electrons. The first-order valence-corrected chi connectivity index (χ1v) is 5.39. The number of aromatic nitrogens is 1. The Labute approximate surface area is 87.9 Å². The fraction of sp³-hybridized carbons (Fsp3) is 0.167. The fourth-order valence-electron chi connectivity index (χ4n) is 0.874. The van der Waals surface area contributed by atoms with Crippen molar-refractivity contribution in [3.63, 3.8) is 0 Å². The van der Waals surface area contributed by atoms with Crippen LogP contribution in [0.4, 0.5) is 8.78 Å². The van der Waals surface area contributed by atoms with Crippen molar-refractivity contribution in [2.75, 3.05) is 0 Å². The molecule has 0 atom stereocenters. The molecule has 0 amide bonds. The molecule has 9 heteroatoms. The molecule has 1 aromatic heterocycles. The van der Waals surface area contributed by atoms with Crippen molar-refractivity contribution < 1.29 is 17.2 Å². The summed E-state index contributed by atoms with van der Waals surface area (Å²) in [4.78, 5) is 11.8. The van der Waals surface area contributed by atoms with Gasteiger partial charge in [-0.1, -0.05) is 11.6 Å². The summed E-state index contributed by atoms with van der Waals surface area (Å²) < 4.78 is 46.2. The SMILES string of the molecule is NS(=O)(=O)c1cc(C(F)F)c(Cl)[nH]c1=O. The molecule has 1 aromatic rings. The molecule has 1 rings (SSSR count). The first kappa shape index (κ1) is 12.1. The Hall–Kier alpha value is -0.990. The maximum absolute atomic E-state index is 12.3. The van der Waals surface area contributed by atoms with Crippen molar-refractivity contribution in [3.8, 4) is 0 Å². The van der Waals surface area contributed by atoms with E-state index in [1.165, 1.54) is 0 Å². The molecule has 3 N–H and O–H groups in total. The Morgan fingerprint density at radius 3 is 2.40 bits per heavy atom. The lowest BCUT2D eigenvalue weighted by Crippen LogP contribution is -2.24. The number of hydrogen-bond donors (Lipinski definition) is 2. The Bertz CT molecular complexity index is 540. The fourth-order valence-corrected chi connectivity index (χ4v) is 1.70. The van der Waals surface area contributed by atoms with Crippen LogP contribution in [0.5, 0.6) is 0 Å². The Balaban J connectivity index is 3.58. The third-order valence-corrected chi connectivity index (χ3v) is 2.76. The first-order valence-electron chi connectivity index (χ1n) is 3.47. The zero-order valence-corrected chi connectivity index (χ0v) is 8.57. The summed E-state index contributed by atoms with van der Waals surface area (Å²) in [5.41, 5.74) is -1.92. The monoisotopic (exact) mass is 258 g/mol. The third kappa shape index (κ3) is 2.52. The molecule has 0 saturated carbocycles. The molecule has 0 unspecified atom stereocenters. The van der Waals surface area contributed by atoms with E-state index in [-0.39, 0.29) is 0 Å². The van der Waals surface area contributed by atoms with Gasteiger partial charge in [-0.3, -0.25) is 4.79 Å². The van der Waals surface area contributed by atoms with E-state index in [0.717, 1.165) is 0 Å². The Morgan fingerprint density at radius 1 is 1.47 bits per heavy atom. The quantitative estimate of drug-likeness (QED) is 0.761. The molecule has 1 heterocycles. The van der Waals surface area contributed by atoms with E-state index < -0.39 is 37.6 Å². The van der Waals surface area contributed by atoms with Crippen molar-refractivity contribution in [1.82, 2.24) is 4.98 Å². The van der Waals surface area contributed by atoms with Gasteiger partial charge in [0, 0.05) is 0 Å². The second kappa shape index (κ2) is 3.87. The van der Waals surface area contributed by atoms with E-state index in [1.54, 1.807) is 4.98 Å². The molecule has 5 nitrogen and oxygen atoms in total. The van der Waals surface area contributed by atoms with Crippen molar-refractivity contribution in [1.29, 1.82) is 0 Å². The van der Waals surface area contributed by atoms with E-state index in [9.17, 15) is 22.0 Å². The minimum Gasteiger partial charge on any atom is -0.311 e. The number of sulfonamides is 1. The maximum Gasteiger partial charge on any atom is 0.269 e. The zero-order valence-electron chi connectivity index (χ0n) is 7.00. The minimum absolute atomic E-state index is 0.459. The molecule has 0 aliphatic carbocycles. The standard InChI is InChI=1S/C6H5ClF2N2O3S/c7-4-2(5(8)9)1-3(6(12)11-4)15(10,13)14/h1,5H,(H,11,12)(H2,10,13,14). The molecule has 0 fully saturated rings. The topological polar surface area (TPSA) is 93.0 Å². The highest BCUT2D eigenvalue weighted by Crippen LogP contribution is 2.25. The molecule has 0 spiro atoms. The van der Waals surface area contributed by atoms with Gasteiger partial charge in [-0.05, 0) is 6.07 Å². The summed E-state index contributed by atoms with van der Waals surface area (Å²) in [5.74, 6) is 0. The van der Waals surface area contributed by atoms with E-state index in [2.05, 4.69) is 5.14 Å². The van der Waals surface area contributed by atoms with Crippen LogP contribution in [-0.4, -0.2) is 13.4 Å². The van der Waals surface area contributed by atoms with Crippen LogP contribution in [0.3, 0.4) is 0 Å². The summed E-state index contributed by atoms with van der Waals surface area (Å²) in [7, 11) is -4.34. The minimum atomic E-state index is -4.34. The highest BCUT2D eigenvalue weighted by molar-refractivity contribution is 7.89. The number of alkyl halides is 2. The van der Waals surface area contributed by atoms with Crippen LogP contribution in [0.2, 0.25) is 5.15 Å². The van der Waals surface area contributed by atoms with Gasteiger partial charge in [0.15, 0.2) is 0 Å². The smallest absolute Gasteiger partial charge is 0.269 e. The molecule has 0 aromatic carbocycles. The third-order valence-electron chi connectivity index (χ3n) is 1.53. The number of hydrogen-bond acceptors (Lipinski definition) is 3. The van der Waals surface area contributed by atoms with Crippen LogP contribution in [0.15, 0.2) is 15.8 Å². The van der Waals surface area contributed by atoms with E-state index >= 15 is 0 Å². The maximum atomic E-state index is 12.3. The van der Waals surface area contributed by atoms with Crippen LogP contribution in [0, 0.1) is 0 Å².